The molecule has 7 heteroatoms. The topological polar surface area (TPSA) is 50.2 Å². The molecule has 134 valence electrons. The molecule has 0 aliphatic carbocycles. The van der Waals surface area contributed by atoms with E-state index in [1.54, 1.807) is 4.68 Å². The fourth-order valence-electron chi connectivity index (χ4n) is 3.91. The summed E-state index contributed by atoms with van der Waals surface area (Å²) in [6, 6.07) is 5.97. The van der Waals surface area contributed by atoms with Gasteiger partial charge in [-0.25, -0.2) is 0 Å². The number of nitrogens with zero attached hydrogens (tertiary/aromatic N) is 3. The van der Waals surface area contributed by atoms with Crippen molar-refractivity contribution in [3.05, 3.63) is 52.3 Å². The van der Waals surface area contributed by atoms with E-state index in [1.165, 1.54) is 11.1 Å². The first-order valence-electron chi connectivity index (χ1n) is 8.38. The molecule has 1 aromatic carbocycles. The van der Waals surface area contributed by atoms with Gasteiger partial charge in [-0.3, -0.25) is 9.48 Å². The Bertz CT molecular complexity index is 776. The van der Waals surface area contributed by atoms with Crippen LogP contribution in [0.2, 0.25) is 5.02 Å². The number of amides is 1. The van der Waals surface area contributed by atoms with Gasteiger partial charge in [-0.05, 0) is 29.2 Å². The predicted octanol–water partition coefficient (Wildman–Crippen LogP) is 2.38. The van der Waals surface area contributed by atoms with Crippen LogP contribution in [0.5, 0.6) is 0 Å². The Hall–Kier alpha value is -1.56. The fourth-order valence-corrected chi connectivity index (χ4v) is 4.19. The van der Waals surface area contributed by atoms with Crippen LogP contribution in [-0.2, 0) is 24.8 Å². The predicted molar refractivity (Wildman–Crippen MR) is 100 cm³/mol. The minimum atomic E-state index is -0.0186. The molecule has 1 N–H and O–H groups in total. The van der Waals surface area contributed by atoms with E-state index in [4.69, 9.17) is 11.6 Å². The number of carbonyl (C=O) groups excluding carboxylic acids is 1. The van der Waals surface area contributed by atoms with Crippen LogP contribution in [0.25, 0.3) is 0 Å². The van der Waals surface area contributed by atoms with Gasteiger partial charge in [0.1, 0.15) is 0 Å². The van der Waals surface area contributed by atoms with Crippen LogP contribution in [0.4, 0.5) is 0 Å². The summed E-state index contributed by atoms with van der Waals surface area (Å²) in [6.07, 6.45) is 4.73. The molecular weight excluding hydrogens is 359 g/mol. The van der Waals surface area contributed by atoms with E-state index in [9.17, 15) is 4.79 Å². The van der Waals surface area contributed by atoms with Crippen LogP contribution in [0.3, 0.4) is 0 Å². The molecule has 1 saturated heterocycles. The zero-order valence-electron chi connectivity index (χ0n) is 14.1. The van der Waals surface area contributed by atoms with Crippen LogP contribution >= 0.6 is 24.0 Å². The summed E-state index contributed by atoms with van der Waals surface area (Å²) in [5.74, 6) is 0.418. The van der Waals surface area contributed by atoms with Gasteiger partial charge in [0.15, 0.2) is 0 Å². The van der Waals surface area contributed by atoms with Gasteiger partial charge in [0.2, 0.25) is 5.91 Å². The number of halogens is 2. The number of aromatic nitrogens is 2. The van der Waals surface area contributed by atoms with Crippen molar-refractivity contribution in [3.8, 4) is 0 Å². The van der Waals surface area contributed by atoms with Crippen molar-refractivity contribution in [2.75, 3.05) is 19.6 Å². The molecule has 1 fully saturated rings. The van der Waals surface area contributed by atoms with Crippen molar-refractivity contribution in [3.63, 3.8) is 0 Å². The molecule has 0 unspecified atom stereocenters. The highest BCUT2D eigenvalue weighted by atomic mass is 35.5. The molecule has 0 saturated carbocycles. The summed E-state index contributed by atoms with van der Waals surface area (Å²) in [5.41, 5.74) is 3.50. The van der Waals surface area contributed by atoms with Crippen LogP contribution in [-0.4, -0.2) is 40.2 Å². The molecule has 2 aromatic rings. The van der Waals surface area contributed by atoms with Gasteiger partial charge >= 0.3 is 0 Å². The molecule has 0 radical (unpaired) electrons. The Morgan fingerprint density at radius 1 is 1.36 bits per heavy atom. The van der Waals surface area contributed by atoms with Gasteiger partial charge in [0.25, 0.3) is 0 Å². The van der Waals surface area contributed by atoms with Gasteiger partial charge in [-0.2, -0.15) is 5.10 Å². The zero-order chi connectivity index (χ0) is 16.7. The van der Waals surface area contributed by atoms with E-state index < -0.39 is 0 Å². The van der Waals surface area contributed by atoms with Crippen molar-refractivity contribution in [1.82, 2.24) is 20.0 Å². The lowest BCUT2D eigenvalue weighted by molar-refractivity contribution is -0.136. The number of carbonyl (C=O) groups is 1. The number of hydrogen-bond acceptors (Lipinski definition) is 3. The summed E-state index contributed by atoms with van der Waals surface area (Å²) in [5, 5.41) is 8.44. The van der Waals surface area contributed by atoms with E-state index in [2.05, 4.69) is 16.5 Å². The number of aryl methyl sites for hydroxylation is 1. The summed E-state index contributed by atoms with van der Waals surface area (Å²) in [4.78, 5) is 15.1. The SMILES string of the molecule is Cl.Cn1cc([C@H]2CNC[C@@H]2C(=O)N2CCc3c(Cl)cccc3C2)cn1. The lowest BCUT2D eigenvalue weighted by Crippen LogP contribution is -2.41. The quantitative estimate of drug-likeness (QED) is 0.869. The summed E-state index contributed by atoms with van der Waals surface area (Å²) >= 11 is 6.28. The first kappa shape index (κ1) is 18.2. The molecule has 2 aliphatic heterocycles. The maximum Gasteiger partial charge on any atom is 0.227 e. The Kier molecular flexibility index (Phi) is 5.37. The second-order valence-corrected chi connectivity index (χ2v) is 7.11. The van der Waals surface area contributed by atoms with Gasteiger partial charge in [-0.1, -0.05) is 23.7 Å². The lowest BCUT2D eigenvalue weighted by atomic mass is 9.89. The van der Waals surface area contributed by atoms with Crippen LogP contribution in [0.1, 0.15) is 22.6 Å². The highest BCUT2D eigenvalue weighted by molar-refractivity contribution is 6.31. The second kappa shape index (κ2) is 7.36. The first-order valence-corrected chi connectivity index (χ1v) is 8.75. The van der Waals surface area contributed by atoms with E-state index >= 15 is 0 Å². The second-order valence-electron chi connectivity index (χ2n) is 6.71. The molecule has 1 aromatic heterocycles. The fraction of sp³-hybridized carbons (Fsp3) is 0.444. The van der Waals surface area contributed by atoms with Gasteiger partial charge < -0.3 is 10.2 Å². The molecule has 25 heavy (non-hydrogen) atoms. The molecule has 2 aliphatic rings. The summed E-state index contributed by atoms with van der Waals surface area (Å²) in [7, 11) is 1.91. The average molecular weight is 381 g/mol. The van der Waals surface area contributed by atoms with Crippen molar-refractivity contribution in [2.24, 2.45) is 13.0 Å². The smallest absolute Gasteiger partial charge is 0.227 e. The van der Waals surface area contributed by atoms with Crippen LogP contribution in [0.15, 0.2) is 30.6 Å². The Morgan fingerprint density at radius 3 is 2.96 bits per heavy atom. The lowest BCUT2D eigenvalue weighted by Gasteiger charge is -2.32. The summed E-state index contributed by atoms with van der Waals surface area (Å²) < 4.78 is 1.80. The van der Waals surface area contributed by atoms with Crippen LogP contribution < -0.4 is 5.32 Å². The standard InChI is InChI=1S/C18H21ClN4O.ClH/c1-22-10-13(7-21-22)15-8-20-9-16(15)18(24)23-6-5-14-12(11-23)3-2-4-17(14)19;/h2-4,7,10,15-16,20H,5-6,8-9,11H2,1H3;1H/t15-,16+;/m1./s1. The maximum absolute atomic E-state index is 13.1. The number of benzene rings is 1. The molecule has 3 heterocycles. The zero-order valence-corrected chi connectivity index (χ0v) is 15.7. The Labute approximate surface area is 158 Å². The third-order valence-electron chi connectivity index (χ3n) is 5.20. The van der Waals surface area contributed by atoms with Crippen molar-refractivity contribution < 1.29 is 4.79 Å². The van der Waals surface area contributed by atoms with Crippen LogP contribution in [0, 0.1) is 5.92 Å². The largest absolute Gasteiger partial charge is 0.338 e. The number of fused-ring (bicyclic) bond motifs is 1. The van der Waals surface area contributed by atoms with Crippen molar-refractivity contribution in [1.29, 1.82) is 0 Å². The minimum absolute atomic E-state index is 0. The van der Waals surface area contributed by atoms with E-state index in [1.807, 2.05) is 36.5 Å². The van der Waals surface area contributed by atoms with E-state index in [-0.39, 0.29) is 30.2 Å². The molecule has 4 rings (SSSR count). The maximum atomic E-state index is 13.1. The Morgan fingerprint density at radius 2 is 2.20 bits per heavy atom. The average Bonchev–Trinajstić information content (AvgIpc) is 3.22. The molecule has 0 bridgehead atoms. The molecule has 5 nitrogen and oxygen atoms in total. The normalized spacial score (nSPS) is 22.4. The number of hydrogen-bond donors (Lipinski definition) is 1. The number of nitrogens with one attached hydrogen (secondary N) is 1. The van der Waals surface area contributed by atoms with Gasteiger partial charge in [0.05, 0.1) is 12.1 Å². The Balaban J connectivity index is 0.00000182. The third-order valence-corrected chi connectivity index (χ3v) is 5.56. The number of rotatable bonds is 2. The molecule has 1 amide bonds. The first-order chi connectivity index (χ1) is 11.6. The van der Waals surface area contributed by atoms with E-state index in [0.717, 1.165) is 36.6 Å². The van der Waals surface area contributed by atoms with E-state index in [0.29, 0.717) is 6.54 Å². The molecule has 0 spiro atoms. The molecule has 2 atom stereocenters. The van der Waals surface area contributed by atoms with Gasteiger partial charge in [0, 0.05) is 50.4 Å². The third kappa shape index (κ3) is 3.41. The monoisotopic (exact) mass is 380 g/mol. The van der Waals surface area contributed by atoms with Crippen molar-refractivity contribution in [2.45, 2.75) is 18.9 Å². The van der Waals surface area contributed by atoms with Crippen molar-refractivity contribution >= 4 is 29.9 Å². The summed E-state index contributed by atoms with van der Waals surface area (Å²) in [6.45, 7) is 2.96. The highest BCUT2D eigenvalue weighted by Gasteiger charge is 2.37. The van der Waals surface area contributed by atoms with Gasteiger partial charge in [-0.15, -0.1) is 12.4 Å². The minimum Gasteiger partial charge on any atom is -0.338 e. The highest BCUT2D eigenvalue weighted by Crippen LogP contribution is 2.32. The molecular formula is C18H22Cl2N4O.